The quantitative estimate of drug-likeness (QED) is 0.225. The summed E-state index contributed by atoms with van der Waals surface area (Å²) in [4.78, 5) is 60.6. The van der Waals surface area contributed by atoms with Crippen LogP contribution in [0.4, 0.5) is 14.7 Å². The summed E-state index contributed by atoms with van der Waals surface area (Å²) in [6, 6.07) is 12.4. The molecule has 0 saturated carbocycles. The van der Waals surface area contributed by atoms with Crippen LogP contribution in [0.5, 0.6) is 0 Å². The Morgan fingerprint density at radius 1 is 0.918 bits per heavy atom. The second-order valence-corrected chi connectivity index (χ2v) is 15.7. The standard InChI is InChI=1S/C33H38N6O8S2/c1-32(2,3)46-30(42)39(31(43)47-33(4,5)6)19-25-16-22(11-13-34-25)21-9-8-10-23(15-21)26-20-48-29(36-26)37-27(40)17-35-28(41)24-12-14-38(18-24)49(7,44)45/h8-16,18,20H,17,19H2,1-7H3,(H,35,41)(H,36,37,40). The van der Waals surface area contributed by atoms with Gasteiger partial charge in [-0.2, -0.15) is 0 Å². The largest absolute Gasteiger partial charge is 0.443 e. The Kier molecular flexibility index (Phi) is 10.9. The second kappa shape index (κ2) is 14.6. The molecule has 49 heavy (non-hydrogen) atoms. The third kappa shape index (κ3) is 10.7. The lowest BCUT2D eigenvalue weighted by atomic mass is 10.0. The van der Waals surface area contributed by atoms with E-state index in [0.29, 0.717) is 16.5 Å². The van der Waals surface area contributed by atoms with Gasteiger partial charge >= 0.3 is 12.2 Å². The number of thiazole rings is 1. The highest BCUT2D eigenvalue weighted by Gasteiger charge is 2.31. The lowest BCUT2D eigenvalue weighted by molar-refractivity contribution is -0.115. The highest BCUT2D eigenvalue weighted by atomic mass is 32.2. The maximum atomic E-state index is 13.0. The van der Waals surface area contributed by atoms with Crippen LogP contribution in [0.2, 0.25) is 0 Å². The van der Waals surface area contributed by atoms with Gasteiger partial charge in [-0.1, -0.05) is 18.2 Å². The van der Waals surface area contributed by atoms with E-state index in [1.54, 1.807) is 65.3 Å². The summed E-state index contributed by atoms with van der Waals surface area (Å²) in [5, 5.41) is 7.20. The Morgan fingerprint density at radius 3 is 2.16 bits per heavy atom. The maximum absolute atomic E-state index is 13.0. The van der Waals surface area contributed by atoms with Gasteiger partial charge in [-0.25, -0.2) is 27.9 Å². The van der Waals surface area contributed by atoms with Gasteiger partial charge in [0.2, 0.25) is 15.9 Å². The normalized spacial score (nSPS) is 11.8. The van der Waals surface area contributed by atoms with Crippen molar-refractivity contribution in [1.29, 1.82) is 0 Å². The minimum Gasteiger partial charge on any atom is -0.443 e. The van der Waals surface area contributed by atoms with Crippen LogP contribution in [0.25, 0.3) is 22.4 Å². The van der Waals surface area contributed by atoms with Crippen molar-refractivity contribution in [3.63, 3.8) is 0 Å². The van der Waals surface area contributed by atoms with Crippen molar-refractivity contribution in [1.82, 2.24) is 24.2 Å². The van der Waals surface area contributed by atoms with Gasteiger partial charge in [-0.05, 0) is 76.9 Å². The molecule has 4 rings (SSSR count). The van der Waals surface area contributed by atoms with Gasteiger partial charge in [0, 0.05) is 29.5 Å². The van der Waals surface area contributed by atoms with Gasteiger partial charge in [0.25, 0.3) is 5.91 Å². The van der Waals surface area contributed by atoms with Crippen LogP contribution in [0.15, 0.2) is 66.4 Å². The molecule has 14 nitrogen and oxygen atoms in total. The van der Waals surface area contributed by atoms with Gasteiger partial charge < -0.3 is 20.1 Å². The van der Waals surface area contributed by atoms with Crippen molar-refractivity contribution in [2.24, 2.45) is 0 Å². The minimum atomic E-state index is -3.53. The molecule has 16 heteroatoms. The molecule has 0 unspecified atom stereocenters. The van der Waals surface area contributed by atoms with Crippen molar-refractivity contribution in [3.05, 3.63) is 77.7 Å². The minimum absolute atomic E-state index is 0.0966. The summed E-state index contributed by atoms with van der Waals surface area (Å²) in [6.07, 6.45) is 3.30. The Balaban J connectivity index is 1.44. The summed E-state index contributed by atoms with van der Waals surface area (Å²) in [5.74, 6) is -1.11. The first kappa shape index (κ1) is 36.7. The number of imide groups is 1. The van der Waals surface area contributed by atoms with E-state index in [-0.39, 0.29) is 18.7 Å². The first-order chi connectivity index (χ1) is 22.8. The highest BCUT2D eigenvalue weighted by Crippen LogP contribution is 2.29. The van der Waals surface area contributed by atoms with Gasteiger partial charge in [0.05, 0.1) is 36.3 Å². The Bertz CT molecular complexity index is 1940. The van der Waals surface area contributed by atoms with E-state index in [0.717, 1.165) is 31.8 Å². The summed E-state index contributed by atoms with van der Waals surface area (Å²) < 4.78 is 35.1. The monoisotopic (exact) mass is 710 g/mol. The molecule has 260 valence electrons. The number of aromatic nitrogens is 3. The third-order valence-electron chi connectivity index (χ3n) is 6.33. The molecule has 2 N–H and O–H groups in total. The first-order valence-corrected chi connectivity index (χ1v) is 17.7. The van der Waals surface area contributed by atoms with Crippen molar-refractivity contribution in [2.45, 2.75) is 59.3 Å². The molecular weight excluding hydrogens is 673 g/mol. The average molecular weight is 711 g/mol. The number of amides is 4. The van der Waals surface area contributed by atoms with E-state index in [1.807, 2.05) is 24.3 Å². The number of rotatable bonds is 9. The molecule has 0 radical (unpaired) electrons. The van der Waals surface area contributed by atoms with Gasteiger partial charge in [0.1, 0.15) is 11.2 Å². The number of nitrogens with one attached hydrogen (secondary N) is 2. The average Bonchev–Trinajstić information content (AvgIpc) is 3.68. The van der Waals surface area contributed by atoms with Crippen LogP contribution in [-0.2, 0) is 30.8 Å². The molecular formula is C33H38N6O8S2. The smallest absolute Gasteiger partial charge is 0.420 e. The zero-order valence-corrected chi connectivity index (χ0v) is 29.8. The molecule has 0 aliphatic carbocycles. The molecule has 0 bridgehead atoms. The summed E-state index contributed by atoms with van der Waals surface area (Å²) in [6.45, 7) is 9.69. The maximum Gasteiger partial charge on any atom is 0.420 e. The van der Waals surface area contributed by atoms with Crippen molar-refractivity contribution in [3.8, 4) is 22.4 Å². The summed E-state index contributed by atoms with van der Waals surface area (Å²) >= 11 is 1.20. The number of pyridine rings is 1. The number of hydrogen-bond acceptors (Lipinski definition) is 11. The molecule has 0 saturated heterocycles. The predicted octanol–water partition coefficient (Wildman–Crippen LogP) is 5.52. The fourth-order valence-electron chi connectivity index (χ4n) is 4.21. The number of carbonyl (C=O) groups is 4. The van der Waals surface area contributed by atoms with E-state index in [9.17, 15) is 27.6 Å². The van der Waals surface area contributed by atoms with Crippen LogP contribution in [0, 0.1) is 0 Å². The van der Waals surface area contributed by atoms with Crippen LogP contribution in [0.1, 0.15) is 57.6 Å². The van der Waals surface area contributed by atoms with Crippen LogP contribution in [-0.4, -0.2) is 75.3 Å². The molecule has 1 aromatic carbocycles. The number of ether oxygens (including phenoxy) is 2. The number of nitrogens with zero attached hydrogens (tertiary/aromatic N) is 4. The van der Waals surface area contributed by atoms with E-state index in [2.05, 4.69) is 20.6 Å². The molecule has 0 atom stereocenters. The van der Waals surface area contributed by atoms with E-state index in [4.69, 9.17) is 9.47 Å². The molecule has 0 aliphatic rings. The lowest BCUT2D eigenvalue weighted by Gasteiger charge is -2.28. The zero-order chi connectivity index (χ0) is 36.1. The van der Waals surface area contributed by atoms with Crippen molar-refractivity contribution in [2.75, 3.05) is 18.1 Å². The molecule has 3 heterocycles. The number of benzene rings is 1. The summed E-state index contributed by atoms with van der Waals surface area (Å²) in [7, 11) is -3.53. The third-order valence-corrected chi connectivity index (χ3v) is 8.08. The van der Waals surface area contributed by atoms with E-state index < -0.39 is 45.2 Å². The van der Waals surface area contributed by atoms with Crippen molar-refractivity contribution < 1.29 is 37.1 Å². The predicted molar refractivity (Wildman–Crippen MR) is 184 cm³/mol. The van der Waals surface area contributed by atoms with Gasteiger partial charge in [-0.15, -0.1) is 11.3 Å². The Morgan fingerprint density at radius 2 is 1.55 bits per heavy atom. The van der Waals surface area contributed by atoms with Crippen LogP contribution < -0.4 is 10.6 Å². The van der Waals surface area contributed by atoms with Crippen LogP contribution >= 0.6 is 11.3 Å². The fraction of sp³-hybridized carbons (Fsp3) is 0.333. The molecule has 0 aliphatic heterocycles. The van der Waals surface area contributed by atoms with Gasteiger partial charge in [0.15, 0.2) is 5.13 Å². The first-order valence-electron chi connectivity index (χ1n) is 15.0. The van der Waals surface area contributed by atoms with Crippen molar-refractivity contribution >= 4 is 50.5 Å². The van der Waals surface area contributed by atoms with E-state index >= 15 is 0 Å². The fourth-order valence-corrected chi connectivity index (χ4v) is 5.53. The molecule has 4 amide bonds. The Labute approximate surface area is 288 Å². The molecule has 0 fully saturated rings. The van der Waals surface area contributed by atoms with Crippen LogP contribution in [0.3, 0.4) is 0 Å². The molecule has 3 aromatic heterocycles. The SMILES string of the molecule is CC(C)(C)OC(=O)N(Cc1cc(-c2cccc(-c3csc(NC(=O)CNC(=O)c4ccn(S(C)(=O)=O)c4)n3)c2)ccn1)C(=O)OC(C)(C)C. The second-order valence-electron chi connectivity index (χ2n) is 12.9. The van der Waals surface area contributed by atoms with E-state index in [1.165, 1.54) is 29.8 Å². The summed E-state index contributed by atoms with van der Waals surface area (Å²) in [5.41, 5.74) is 1.80. The topological polar surface area (TPSA) is 179 Å². The van der Waals surface area contributed by atoms with Gasteiger partial charge in [-0.3, -0.25) is 18.5 Å². The lowest BCUT2D eigenvalue weighted by Crippen LogP contribution is -2.43. The molecule has 4 aromatic rings. The zero-order valence-electron chi connectivity index (χ0n) is 28.1. The number of hydrogen-bond donors (Lipinski definition) is 2. The number of carbonyl (C=O) groups excluding carboxylic acids is 4. The Hall–Kier alpha value is -5.09. The highest BCUT2D eigenvalue weighted by molar-refractivity contribution is 7.89. The molecule has 0 spiro atoms. The number of anilines is 1.